The molecular weight excluding hydrogens is 727 g/mol. The van der Waals surface area contributed by atoms with E-state index in [1.807, 2.05) is 0 Å². The number of hydrogen-bond donors (Lipinski definition) is 0. The Morgan fingerprint density at radius 2 is 1.51 bits per heavy atom. The van der Waals surface area contributed by atoms with E-state index < -0.39 is 8.80 Å². The molecule has 2 fully saturated rings. The first-order valence-electron chi connectivity index (χ1n) is 25.1. The average Bonchev–Trinajstić information content (AvgIpc) is 3.61. The van der Waals surface area contributed by atoms with Crippen LogP contribution in [0.5, 0.6) is 0 Å². The Morgan fingerprint density at radius 1 is 0.661 bits per heavy atom. The molecule has 0 spiro atoms. The fourth-order valence-corrected chi connectivity index (χ4v) is 17.1. The normalized spacial score (nSPS) is 37.2. The van der Waals surface area contributed by atoms with Gasteiger partial charge in [-0.3, -0.25) is 0 Å². The minimum atomic E-state index is -0.928. The lowest BCUT2D eigenvalue weighted by molar-refractivity contribution is 0.0871. The lowest BCUT2D eigenvalue weighted by atomic mass is 9.58. The van der Waals surface area contributed by atoms with Crippen LogP contribution in [0.2, 0.25) is 18.6 Å². The summed E-state index contributed by atoms with van der Waals surface area (Å²) in [6.45, 7) is 5.33. The first-order valence-corrected chi connectivity index (χ1v) is 28.1. The summed E-state index contributed by atoms with van der Waals surface area (Å²) < 4.78 is 0. The summed E-state index contributed by atoms with van der Waals surface area (Å²) in [6, 6.07) is 12.9. The number of hydrogen-bond acceptors (Lipinski definition) is 1. The molecule has 0 heterocycles. The van der Waals surface area contributed by atoms with Crippen molar-refractivity contribution in [2.75, 3.05) is 0 Å². The number of allylic oxidation sites excluding steroid dienone is 16. The second-order valence-corrected chi connectivity index (χ2v) is 24.2. The number of fused-ring (bicyclic) bond motifs is 2. The number of benzene rings is 1. The molecule has 1 nitrogen and oxygen atoms in total. The van der Waals surface area contributed by atoms with Gasteiger partial charge in [0.2, 0.25) is 0 Å². The van der Waals surface area contributed by atoms with Crippen molar-refractivity contribution in [3.63, 3.8) is 0 Å². The second-order valence-electron chi connectivity index (χ2n) is 21.0. The van der Waals surface area contributed by atoms with E-state index in [2.05, 4.69) is 127 Å². The molecule has 0 saturated heterocycles. The molecule has 0 bridgehead atoms. The van der Waals surface area contributed by atoms with Crippen LogP contribution >= 0.6 is 0 Å². The summed E-state index contributed by atoms with van der Waals surface area (Å²) in [4.78, 5) is 3.13. The fraction of sp³-hybridized carbons (Fsp3) is 0.579. The van der Waals surface area contributed by atoms with Gasteiger partial charge < -0.3 is 4.90 Å². The van der Waals surface area contributed by atoms with E-state index >= 15 is 0 Å². The van der Waals surface area contributed by atoms with Gasteiger partial charge in [0.25, 0.3) is 0 Å². The molecule has 10 unspecified atom stereocenters. The quantitative estimate of drug-likeness (QED) is 0.178. The van der Waals surface area contributed by atoms with Gasteiger partial charge in [0.05, 0.1) is 6.04 Å². The highest BCUT2D eigenvalue weighted by Gasteiger charge is 2.56. The molecule has 10 rings (SSSR count). The minimum Gasteiger partial charge on any atom is -0.365 e. The molecule has 0 amide bonds. The minimum absolute atomic E-state index is 0.0191. The third-order valence-electron chi connectivity index (χ3n) is 17.7. The highest BCUT2D eigenvalue weighted by molar-refractivity contribution is 6.58. The molecule has 0 aromatic heterocycles. The molecule has 2 heteroatoms. The molecule has 312 valence electrons. The lowest BCUT2D eigenvalue weighted by Crippen LogP contribution is -2.49. The van der Waals surface area contributed by atoms with Gasteiger partial charge in [0.1, 0.15) is 0 Å². The Bertz CT molecular complexity index is 1940. The summed E-state index contributed by atoms with van der Waals surface area (Å²) >= 11 is 0. The van der Waals surface area contributed by atoms with Gasteiger partial charge in [-0.05, 0) is 154 Å². The van der Waals surface area contributed by atoms with Crippen LogP contribution in [-0.4, -0.2) is 25.8 Å². The molecular formula is C57H75NSi. The predicted molar refractivity (Wildman–Crippen MR) is 254 cm³/mol. The predicted octanol–water partition coefficient (Wildman–Crippen LogP) is 15.1. The van der Waals surface area contributed by atoms with Crippen molar-refractivity contribution in [1.82, 2.24) is 4.90 Å². The van der Waals surface area contributed by atoms with Crippen molar-refractivity contribution in [3.8, 4) is 0 Å². The van der Waals surface area contributed by atoms with Crippen LogP contribution in [0.3, 0.4) is 0 Å². The number of nitrogens with zero attached hydrogens (tertiary/aromatic N) is 1. The highest BCUT2D eigenvalue weighted by Crippen LogP contribution is 2.65. The maximum Gasteiger partial charge on any atom is 0.0511 e. The van der Waals surface area contributed by atoms with Crippen LogP contribution in [0.4, 0.5) is 0 Å². The van der Waals surface area contributed by atoms with Crippen LogP contribution < -0.4 is 0 Å². The molecule has 2 saturated carbocycles. The standard InChI is InChI=1S/C57H75NSi/c1-59(2)56-40-48(36-37-49(56)42-21-9-4-10-22-42)58(55-38-31-44(41-19-7-3-8-20-41)39-52(55)43-23-11-5-12-24-43)47-34-32-46(33-35-47)57(45-25-13-6-14-26-45)53-29-17-15-27-50(53)51-28-16-18-30-54(51)57/h5,9,11-13,15,18,21,23-27,30,32-34,40-42,44,47,49-50,52-53,55-56,59H,3-4,6-8,10,14,16-17,19-20,22,28-29,31,35-39H2,1-2H3. The zero-order valence-electron chi connectivity index (χ0n) is 36.8. The smallest absolute Gasteiger partial charge is 0.0511 e. The highest BCUT2D eigenvalue weighted by atomic mass is 28.3. The zero-order chi connectivity index (χ0) is 39.8. The summed E-state index contributed by atoms with van der Waals surface area (Å²) in [7, 11) is -0.928. The average molecular weight is 802 g/mol. The molecule has 1 aromatic rings. The summed E-state index contributed by atoms with van der Waals surface area (Å²) in [6.07, 6.45) is 60.9. The zero-order valence-corrected chi connectivity index (χ0v) is 38.0. The van der Waals surface area contributed by atoms with Gasteiger partial charge in [-0.2, -0.15) is 0 Å². The third kappa shape index (κ3) is 7.52. The molecule has 59 heavy (non-hydrogen) atoms. The van der Waals surface area contributed by atoms with Gasteiger partial charge in [-0.25, -0.2) is 0 Å². The van der Waals surface area contributed by atoms with Crippen LogP contribution in [0.1, 0.15) is 140 Å². The second kappa shape index (κ2) is 17.7. The Balaban J connectivity index is 1.04. The van der Waals surface area contributed by atoms with E-state index in [9.17, 15) is 0 Å². The Morgan fingerprint density at radius 3 is 2.29 bits per heavy atom. The van der Waals surface area contributed by atoms with Crippen LogP contribution in [0.25, 0.3) is 0 Å². The first kappa shape index (κ1) is 40.0. The van der Waals surface area contributed by atoms with Crippen LogP contribution in [0.15, 0.2) is 137 Å². The van der Waals surface area contributed by atoms with Gasteiger partial charge in [0, 0.05) is 37.8 Å². The van der Waals surface area contributed by atoms with Crippen molar-refractivity contribution in [2.45, 2.75) is 165 Å². The van der Waals surface area contributed by atoms with E-state index in [4.69, 9.17) is 0 Å². The van der Waals surface area contributed by atoms with Gasteiger partial charge >= 0.3 is 0 Å². The van der Waals surface area contributed by atoms with E-state index in [1.165, 1.54) is 122 Å². The molecule has 0 N–H and O–H groups in total. The monoisotopic (exact) mass is 802 g/mol. The van der Waals surface area contributed by atoms with E-state index in [0.717, 1.165) is 35.6 Å². The maximum atomic E-state index is 3.13. The van der Waals surface area contributed by atoms with E-state index in [0.29, 0.717) is 29.8 Å². The van der Waals surface area contributed by atoms with Crippen molar-refractivity contribution in [2.24, 2.45) is 40.9 Å². The van der Waals surface area contributed by atoms with Crippen LogP contribution in [-0.2, 0) is 0 Å². The van der Waals surface area contributed by atoms with Crippen molar-refractivity contribution >= 4 is 8.80 Å². The van der Waals surface area contributed by atoms with Crippen molar-refractivity contribution in [3.05, 3.63) is 143 Å². The topological polar surface area (TPSA) is 3.24 Å². The van der Waals surface area contributed by atoms with E-state index in [1.54, 1.807) is 33.6 Å². The first-order chi connectivity index (χ1) is 29.1. The molecule has 0 radical (unpaired) electrons. The van der Waals surface area contributed by atoms with E-state index in [-0.39, 0.29) is 5.41 Å². The summed E-state index contributed by atoms with van der Waals surface area (Å²) in [5.74, 6) is 5.26. The molecule has 0 aliphatic heterocycles. The van der Waals surface area contributed by atoms with Gasteiger partial charge in [0.15, 0.2) is 0 Å². The Labute approximate surface area is 361 Å². The summed E-state index contributed by atoms with van der Waals surface area (Å²) in [5, 5.41) is 0. The molecule has 10 atom stereocenters. The molecule has 1 aromatic carbocycles. The Kier molecular flexibility index (Phi) is 12.0. The summed E-state index contributed by atoms with van der Waals surface area (Å²) in [5.41, 5.74) is 10.7. The maximum absolute atomic E-state index is 3.13. The largest absolute Gasteiger partial charge is 0.365 e. The van der Waals surface area contributed by atoms with Gasteiger partial charge in [-0.15, -0.1) is 0 Å². The third-order valence-corrected chi connectivity index (χ3v) is 19.9. The van der Waals surface area contributed by atoms with Crippen LogP contribution in [0, 0.1) is 40.9 Å². The Hall–Kier alpha value is -3.10. The lowest BCUT2D eigenvalue weighted by Gasteiger charge is -2.51. The SMILES string of the molecule is C[SiH](C)C1C=C(N(C2C=CC(C3(C4=CCCC=C4)C4=C(CCC=C4)C4C=CCCC43)=CC2)C2CCC(C3CCCCC3)CC2c2ccccc2)CCC1C1C=CCCC1. The molecule has 9 aliphatic carbocycles. The van der Waals surface area contributed by atoms with Crippen molar-refractivity contribution in [1.29, 1.82) is 0 Å². The van der Waals surface area contributed by atoms with Gasteiger partial charge in [-0.1, -0.05) is 160 Å². The van der Waals surface area contributed by atoms with Crippen molar-refractivity contribution < 1.29 is 0 Å². The number of rotatable bonds is 9. The fourth-order valence-electron chi connectivity index (χ4n) is 15.0. The molecule has 9 aliphatic rings.